The Balaban J connectivity index is 1.06. The van der Waals surface area contributed by atoms with E-state index >= 15 is 0 Å². The number of para-hydroxylation sites is 3. The summed E-state index contributed by atoms with van der Waals surface area (Å²) in [6, 6.07) is 56.7. The van der Waals surface area contributed by atoms with E-state index in [0.717, 1.165) is 60.6 Å². The number of hydrogen-bond acceptors (Lipinski definition) is 2. The molecule has 2 heteroatoms. The van der Waals surface area contributed by atoms with Crippen molar-refractivity contribution in [3.63, 3.8) is 0 Å². The second kappa shape index (κ2) is 9.57. The molecule has 0 aliphatic rings. The molecular formula is C46H26O2. The van der Waals surface area contributed by atoms with Crippen LogP contribution in [0.1, 0.15) is 0 Å². The zero-order valence-electron chi connectivity index (χ0n) is 25.8. The first-order chi connectivity index (χ1) is 23.8. The van der Waals surface area contributed by atoms with Gasteiger partial charge < -0.3 is 8.83 Å². The highest BCUT2D eigenvalue weighted by Crippen LogP contribution is 2.44. The van der Waals surface area contributed by atoms with E-state index in [1.54, 1.807) is 0 Å². The Morgan fingerprint density at radius 3 is 1.50 bits per heavy atom. The van der Waals surface area contributed by atoms with Crippen LogP contribution >= 0.6 is 0 Å². The van der Waals surface area contributed by atoms with E-state index in [4.69, 9.17) is 8.83 Å². The summed E-state index contributed by atoms with van der Waals surface area (Å²) in [5.41, 5.74) is 10.8. The van der Waals surface area contributed by atoms with Gasteiger partial charge in [-0.05, 0) is 84.4 Å². The van der Waals surface area contributed by atoms with Crippen molar-refractivity contribution in [3.05, 3.63) is 158 Å². The maximum atomic E-state index is 6.35. The van der Waals surface area contributed by atoms with Crippen LogP contribution in [0.25, 0.3) is 110 Å². The highest BCUT2D eigenvalue weighted by molar-refractivity contribution is 6.27. The van der Waals surface area contributed by atoms with Crippen molar-refractivity contribution in [2.24, 2.45) is 0 Å². The molecule has 222 valence electrons. The fraction of sp³-hybridized carbons (Fsp3) is 0. The van der Waals surface area contributed by atoms with Gasteiger partial charge in [0.05, 0.1) is 0 Å². The molecule has 2 heterocycles. The molecule has 11 rings (SSSR count). The molecule has 0 saturated carbocycles. The normalized spacial score (nSPS) is 12.2. The molecule has 2 aromatic heterocycles. The number of furan rings is 2. The predicted octanol–water partition coefficient (Wildman–Crippen LogP) is 13.4. The molecule has 0 fully saturated rings. The van der Waals surface area contributed by atoms with Crippen molar-refractivity contribution in [3.8, 4) is 33.4 Å². The molecule has 48 heavy (non-hydrogen) atoms. The summed E-state index contributed by atoms with van der Waals surface area (Å²) in [6.07, 6.45) is 0. The molecule has 0 atom stereocenters. The number of rotatable bonds is 3. The van der Waals surface area contributed by atoms with Crippen LogP contribution < -0.4 is 0 Å². The molecule has 11 aromatic rings. The average Bonchev–Trinajstić information content (AvgIpc) is 3.72. The van der Waals surface area contributed by atoms with Crippen LogP contribution in [0, 0.1) is 0 Å². The summed E-state index contributed by atoms with van der Waals surface area (Å²) < 4.78 is 12.6. The van der Waals surface area contributed by atoms with Gasteiger partial charge in [0.1, 0.15) is 22.3 Å². The van der Waals surface area contributed by atoms with E-state index in [0.29, 0.717) is 0 Å². The van der Waals surface area contributed by atoms with Crippen molar-refractivity contribution in [1.82, 2.24) is 0 Å². The summed E-state index contributed by atoms with van der Waals surface area (Å²) >= 11 is 0. The van der Waals surface area contributed by atoms with E-state index in [-0.39, 0.29) is 0 Å². The topological polar surface area (TPSA) is 26.3 Å². The van der Waals surface area contributed by atoms with E-state index in [2.05, 4.69) is 133 Å². The minimum Gasteiger partial charge on any atom is -0.456 e. The molecule has 0 spiro atoms. The minimum atomic E-state index is 0.918. The Morgan fingerprint density at radius 2 is 0.792 bits per heavy atom. The van der Waals surface area contributed by atoms with Gasteiger partial charge in [0.15, 0.2) is 0 Å². The number of hydrogen-bond donors (Lipinski definition) is 0. The van der Waals surface area contributed by atoms with E-state index < -0.39 is 0 Å². The second-order valence-corrected chi connectivity index (χ2v) is 12.8. The van der Waals surface area contributed by atoms with Gasteiger partial charge in [-0.2, -0.15) is 0 Å². The molecule has 0 saturated heterocycles. The fourth-order valence-electron chi connectivity index (χ4n) is 8.00. The predicted molar refractivity (Wildman–Crippen MR) is 201 cm³/mol. The minimum absolute atomic E-state index is 0.918. The first-order valence-electron chi connectivity index (χ1n) is 16.4. The van der Waals surface area contributed by atoms with Crippen molar-refractivity contribution in [1.29, 1.82) is 0 Å². The molecule has 0 aliphatic carbocycles. The maximum Gasteiger partial charge on any atom is 0.143 e. The smallest absolute Gasteiger partial charge is 0.143 e. The first kappa shape index (κ1) is 25.8. The number of fused-ring (bicyclic) bond motifs is 6. The summed E-state index contributed by atoms with van der Waals surface area (Å²) in [4.78, 5) is 0. The molecular weight excluding hydrogens is 585 g/mol. The van der Waals surface area contributed by atoms with Gasteiger partial charge in [0, 0.05) is 27.1 Å². The van der Waals surface area contributed by atoms with Crippen LogP contribution in [-0.4, -0.2) is 0 Å². The molecule has 9 aromatic carbocycles. The molecule has 0 amide bonds. The SMILES string of the molecule is c1ccc2c(c1)oc1cc(-c3ccc4ccc5c(-c6ccc(-c7cccc8c7oc7ccccc78)cc6)ccc6ccc3c4c65)ccc12. The van der Waals surface area contributed by atoms with Crippen LogP contribution in [0.2, 0.25) is 0 Å². The summed E-state index contributed by atoms with van der Waals surface area (Å²) in [7, 11) is 0. The van der Waals surface area contributed by atoms with Gasteiger partial charge in [-0.1, -0.05) is 133 Å². The second-order valence-electron chi connectivity index (χ2n) is 12.8. The molecule has 0 unspecified atom stereocenters. The first-order valence-corrected chi connectivity index (χ1v) is 16.4. The Kier molecular flexibility index (Phi) is 5.14. The van der Waals surface area contributed by atoms with Crippen LogP contribution in [0.3, 0.4) is 0 Å². The summed E-state index contributed by atoms with van der Waals surface area (Å²) in [5.74, 6) is 0. The Bertz CT molecular complexity index is 3050. The van der Waals surface area contributed by atoms with E-state index in [1.165, 1.54) is 49.0 Å². The quantitative estimate of drug-likeness (QED) is 0.186. The van der Waals surface area contributed by atoms with Crippen molar-refractivity contribution >= 4 is 76.2 Å². The highest BCUT2D eigenvalue weighted by atomic mass is 16.3. The lowest BCUT2D eigenvalue weighted by atomic mass is 9.87. The third-order valence-corrected chi connectivity index (χ3v) is 10.3. The Hall–Kier alpha value is -6.38. The Morgan fingerprint density at radius 1 is 0.292 bits per heavy atom. The average molecular weight is 611 g/mol. The maximum absolute atomic E-state index is 6.35. The summed E-state index contributed by atoms with van der Waals surface area (Å²) in [6.45, 7) is 0. The third-order valence-electron chi connectivity index (χ3n) is 10.3. The van der Waals surface area contributed by atoms with Gasteiger partial charge in [-0.3, -0.25) is 0 Å². The summed E-state index contributed by atoms with van der Waals surface area (Å²) in [5, 5.41) is 12.3. The molecule has 0 aliphatic heterocycles. The van der Waals surface area contributed by atoms with Crippen molar-refractivity contribution in [2.45, 2.75) is 0 Å². The fourth-order valence-corrected chi connectivity index (χ4v) is 8.00. The molecule has 0 N–H and O–H groups in total. The van der Waals surface area contributed by atoms with Crippen LogP contribution in [0.15, 0.2) is 167 Å². The van der Waals surface area contributed by atoms with E-state index in [1.807, 2.05) is 24.3 Å². The molecule has 0 radical (unpaired) electrons. The van der Waals surface area contributed by atoms with E-state index in [9.17, 15) is 0 Å². The van der Waals surface area contributed by atoms with Crippen molar-refractivity contribution < 1.29 is 8.83 Å². The van der Waals surface area contributed by atoms with Crippen LogP contribution in [0.5, 0.6) is 0 Å². The van der Waals surface area contributed by atoms with Gasteiger partial charge in [-0.25, -0.2) is 0 Å². The number of benzene rings is 9. The van der Waals surface area contributed by atoms with Gasteiger partial charge in [-0.15, -0.1) is 0 Å². The lowest BCUT2D eigenvalue weighted by Gasteiger charge is -2.16. The van der Waals surface area contributed by atoms with Crippen LogP contribution in [0.4, 0.5) is 0 Å². The highest BCUT2D eigenvalue weighted by Gasteiger charge is 2.17. The Labute approximate surface area is 275 Å². The zero-order chi connectivity index (χ0) is 31.3. The van der Waals surface area contributed by atoms with Crippen LogP contribution in [-0.2, 0) is 0 Å². The third kappa shape index (κ3) is 3.57. The molecule has 2 nitrogen and oxygen atoms in total. The lowest BCUT2D eigenvalue weighted by Crippen LogP contribution is -1.89. The standard InChI is InChI=1S/C46H26O2/c1-3-10-41-35(6-1)37-23-20-31(26-43(37)47-41)33-22-17-30-18-24-38-32(21-16-29-19-25-39(33)45(30)44(29)38)27-12-14-28(15-13-27)34-8-5-9-40-36-7-2-4-11-42(36)48-46(34)40/h1-26H. The van der Waals surface area contributed by atoms with Gasteiger partial charge >= 0.3 is 0 Å². The molecule has 0 bridgehead atoms. The van der Waals surface area contributed by atoms with Gasteiger partial charge in [0.25, 0.3) is 0 Å². The zero-order valence-corrected chi connectivity index (χ0v) is 25.8. The van der Waals surface area contributed by atoms with Crippen molar-refractivity contribution in [2.75, 3.05) is 0 Å². The largest absolute Gasteiger partial charge is 0.456 e. The monoisotopic (exact) mass is 610 g/mol. The van der Waals surface area contributed by atoms with Gasteiger partial charge in [0.2, 0.25) is 0 Å². The lowest BCUT2D eigenvalue weighted by molar-refractivity contribution is 0.669.